The van der Waals surface area contributed by atoms with Gasteiger partial charge in [-0.05, 0) is 57.8 Å². The van der Waals surface area contributed by atoms with E-state index < -0.39 is 0 Å². The molecule has 0 amide bonds. The highest BCUT2D eigenvalue weighted by molar-refractivity contribution is 4.87. The minimum atomic E-state index is 0.468. The van der Waals surface area contributed by atoms with Crippen LogP contribution in [0.15, 0.2) is 0 Å². The van der Waals surface area contributed by atoms with Crippen LogP contribution in [-0.2, 0) is 0 Å². The molecule has 3 fully saturated rings. The Labute approximate surface area is 124 Å². The maximum Gasteiger partial charge on any atom is 0.0235 e. The minimum absolute atomic E-state index is 0.468. The number of piperidine rings is 1. The first kappa shape index (κ1) is 14.8. The van der Waals surface area contributed by atoms with Crippen LogP contribution < -0.4 is 5.73 Å². The quantitative estimate of drug-likeness (QED) is 0.858. The summed E-state index contributed by atoms with van der Waals surface area (Å²) in [6.45, 7) is 6.49. The fourth-order valence-corrected chi connectivity index (χ4v) is 4.44. The third kappa shape index (κ3) is 3.96. The molecule has 2 saturated heterocycles. The predicted octanol–water partition coefficient (Wildman–Crippen LogP) is 2.45. The fourth-order valence-electron chi connectivity index (χ4n) is 4.44. The van der Waals surface area contributed by atoms with Crippen molar-refractivity contribution in [3.63, 3.8) is 0 Å². The summed E-state index contributed by atoms with van der Waals surface area (Å²) in [5.41, 5.74) is 6.02. The average Bonchev–Trinajstić information content (AvgIpc) is 2.96. The van der Waals surface area contributed by atoms with E-state index >= 15 is 0 Å². The number of hydrogen-bond acceptors (Lipinski definition) is 3. The molecule has 2 aliphatic heterocycles. The van der Waals surface area contributed by atoms with E-state index in [-0.39, 0.29) is 0 Å². The molecular weight excluding hydrogens is 246 g/mol. The van der Waals surface area contributed by atoms with Gasteiger partial charge in [0, 0.05) is 18.6 Å². The summed E-state index contributed by atoms with van der Waals surface area (Å²) in [5.74, 6) is 1.04. The van der Waals surface area contributed by atoms with Crippen molar-refractivity contribution in [2.75, 3.05) is 32.7 Å². The summed E-state index contributed by atoms with van der Waals surface area (Å²) < 4.78 is 0. The molecule has 1 unspecified atom stereocenters. The number of hydrogen-bond donors (Lipinski definition) is 1. The zero-order chi connectivity index (χ0) is 13.8. The van der Waals surface area contributed by atoms with Crippen LogP contribution >= 0.6 is 0 Å². The maximum absolute atomic E-state index is 6.02. The SMILES string of the molecule is NC1CCN(C2CCN(CCC3CCCCC3)C2)CC1. The van der Waals surface area contributed by atoms with Crippen LogP contribution in [0.4, 0.5) is 0 Å². The third-order valence-corrected chi connectivity index (χ3v) is 5.92. The van der Waals surface area contributed by atoms with Crippen LogP contribution in [0.25, 0.3) is 0 Å². The van der Waals surface area contributed by atoms with Crippen molar-refractivity contribution in [2.24, 2.45) is 11.7 Å². The van der Waals surface area contributed by atoms with Gasteiger partial charge in [0.05, 0.1) is 0 Å². The van der Waals surface area contributed by atoms with E-state index in [2.05, 4.69) is 9.80 Å². The van der Waals surface area contributed by atoms with Crippen molar-refractivity contribution in [1.82, 2.24) is 9.80 Å². The van der Waals surface area contributed by atoms with Gasteiger partial charge in [0.15, 0.2) is 0 Å². The van der Waals surface area contributed by atoms with E-state index in [9.17, 15) is 0 Å². The normalized spacial score (nSPS) is 31.9. The molecule has 0 bridgehead atoms. The molecule has 0 radical (unpaired) electrons. The highest BCUT2D eigenvalue weighted by Crippen LogP contribution is 2.27. The summed E-state index contributed by atoms with van der Waals surface area (Å²) in [6.07, 6.45) is 12.7. The van der Waals surface area contributed by atoms with E-state index in [1.165, 1.54) is 90.5 Å². The van der Waals surface area contributed by atoms with Gasteiger partial charge in [0.2, 0.25) is 0 Å². The van der Waals surface area contributed by atoms with E-state index in [0.717, 1.165) is 12.0 Å². The Hall–Kier alpha value is -0.120. The molecule has 0 spiro atoms. The average molecular weight is 279 g/mol. The van der Waals surface area contributed by atoms with Gasteiger partial charge in [-0.15, -0.1) is 0 Å². The Balaban J connectivity index is 1.36. The van der Waals surface area contributed by atoms with Gasteiger partial charge < -0.3 is 10.6 Å². The van der Waals surface area contributed by atoms with Crippen molar-refractivity contribution < 1.29 is 0 Å². The molecule has 3 nitrogen and oxygen atoms in total. The van der Waals surface area contributed by atoms with E-state index in [1.807, 2.05) is 0 Å². The second-order valence-corrected chi connectivity index (χ2v) is 7.41. The molecule has 3 aliphatic rings. The van der Waals surface area contributed by atoms with Gasteiger partial charge in [0.1, 0.15) is 0 Å². The molecule has 116 valence electrons. The molecule has 0 aromatic heterocycles. The second-order valence-electron chi connectivity index (χ2n) is 7.41. The molecule has 1 aliphatic carbocycles. The summed E-state index contributed by atoms with van der Waals surface area (Å²) in [4.78, 5) is 5.44. The van der Waals surface area contributed by atoms with Gasteiger partial charge in [-0.3, -0.25) is 4.90 Å². The fraction of sp³-hybridized carbons (Fsp3) is 1.00. The maximum atomic E-state index is 6.02. The van der Waals surface area contributed by atoms with Crippen LogP contribution in [0.2, 0.25) is 0 Å². The Bertz CT molecular complexity index is 280. The monoisotopic (exact) mass is 279 g/mol. The third-order valence-electron chi connectivity index (χ3n) is 5.92. The lowest BCUT2D eigenvalue weighted by Gasteiger charge is -2.34. The molecule has 2 heterocycles. The molecule has 1 atom stereocenters. The molecular formula is C17H33N3. The van der Waals surface area contributed by atoms with E-state index in [1.54, 1.807) is 0 Å². The van der Waals surface area contributed by atoms with Gasteiger partial charge in [-0.25, -0.2) is 0 Å². The van der Waals surface area contributed by atoms with Gasteiger partial charge >= 0.3 is 0 Å². The van der Waals surface area contributed by atoms with Crippen LogP contribution in [0.5, 0.6) is 0 Å². The highest BCUT2D eigenvalue weighted by Gasteiger charge is 2.29. The molecule has 0 aromatic carbocycles. The van der Waals surface area contributed by atoms with Crippen LogP contribution in [0.1, 0.15) is 57.8 Å². The molecule has 1 saturated carbocycles. The Kier molecular flexibility index (Phi) is 5.36. The Morgan fingerprint density at radius 1 is 0.850 bits per heavy atom. The van der Waals surface area contributed by atoms with Gasteiger partial charge in [0.25, 0.3) is 0 Å². The van der Waals surface area contributed by atoms with Crippen molar-refractivity contribution in [3.8, 4) is 0 Å². The smallest absolute Gasteiger partial charge is 0.0235 e. The van der Waals surface area contributed by atoms with Crippen LogP contribution in [0, 0.1) is 5.92 Å². The lowest BCUT2D eigenvalue weighted by molar-refractivity contribution is 0.150. The largest absolute Gasteiger partial charge is 0.328 e. The zero-order valence-corrected chi connectivity index (χ0v) is 13.1. The standard InChI is InChI=1S/C17H33N3/c18-16-7-12-20(13-8-16)17-9-11-19(14-17)10-6-15-4-2-1-3-5-15/h15-17H,1-14,18H2. The van der Waals surface area contributed by atoms with E-state index in [0.29, 0.717) is 6.04 Å². The second kappa shape index (κ2) is 7.24. The van der Waals surface area contributed by atoms with Crippen molar-refractivity contribution in [1.29, 1.82) is 0 Å². The van der Waals surface area contributed by atoms with Gasteiger partial charge in [-0.2, -0.15) is 0 Å². The topological polar surface area (TPSA) is 32.5 Å². The van der Waals surface area contributed by atoms with E-state index in [4.69, 9.17) is 5.73 Å². The molecule has 2 N–H and O–H groups in total. The van der Waals surface area contributed by atoms with Crippen LogP contribution in [0.3, 0.4) is 0 Å². The first-order valence-electron chi connectivity index (χ1n) is 9.03. The number of likely N-dealkylation sites (tertiary alicyclic amines) is 2. The number of rotatable bonds is 4. The molecule has 3 rings (SSSR count). The van der Waals surface area contributed by atoms with Gasteiger partial charge in [-0.1, -0.05) is 32.1 Å². The Morgan fingerprint density at radius 2 is 1.60 bits per heavy atom. The Morgan fingerprint density at radius 3 is 2.35 bits per heavy atom. The molecule has 0 aromatic rings. The summed E-state index contributed by atoms with van der Waals surface area (Å²) in [7, 11) is 0. The first-order chi connectivity index (χ1) is 9.81. The number of nitrogens with two attached hydrogens (primary N) is 1. The minimum Gasteiger partial charge on any atom is -0.328 e. The lowest BCUT2D eigenvalue weighted by atomic mass is 9.87. The summed E-state index contributed by atoms with van der Waals surface area (Å²) >= 11 is 0. The summed E-state index contributed by atoms with van der Waals surface area (Å²) in [6, 6.07) is 1.30. The molecule has 3 heteroatoms. The van der Waals surface area contributed by atoms with Crippen molar-refractivity contribution in [2.45, 2.75) is 69.9 Å². The highest BCUT2D eigenvalue weighted by atomic mass is 15.3. The zero-order valence-electron chi connectivity index (χ0n) is 13.1. The lowest BCUT2D eigenvalue weighted by Crippen LogP contribution is -2.46. The first-order valence-corrected chi connectivity index (χ1v) is 9.03. The summed E-state index contributed by atoms with van der Waals surface area (Å²) in [5, 5.41) is 0. The van der Waals surface area contributed by atoms with Crippen molar-refractivity contribution in [3.05, 3.63) is 0 Å². The predicted molar refractivity (Wildman–Crippen MR) is 84.8 cm³/mol. The molecule has 20 heavy (non-hydrogen) atoms. The van der Waals surface area contributed by atoms with Crippen LogP contribution in [-0.4, -0.2) is 54.6 Å². The van der Waals surface area contributed by atoms with Crippen molar-refractivity contribution >= 4 is 0 Å². The number of nitrogens with zero attached hydrogens (tertiary/aromatic N) is 2.